The number of rotatable bonds is 12. The van der Waals surface area contributed by atoms with E-state index in [1.165, 1.54) is 25.7 Å². The number of hydrogen-bond donors (Lipinski definition) is 1. The Morgan fingerprint density at radius 3 is 2.07 bits per heavy atom. The van der Waals surface area contributed by atoms with Crippen LogP contribution in [0.25, 0.3) is 0 Å². The molecule has 0 bridgehead atoms. The maximum absolute atomic E-state index is 12.4. The van der Waals surface area contributed by atoms with Gasteiger partial charge in [0.15, 0.2) is 0 Å². The van der Waals surface area contributed by atoms with Gasteiger partial charge in [0.1, 0.15) is 16.4 Å². The Hall–Kier alpha value is -1.05. The molecule has 5 nitrogen and oxygen atoms in total. The van der Waals surface area contributed by atoms with Gasteiger partial charge in [-0.15, -0.1) is 0 Å². The first-order chi connectivity index (χ1) is 13.4. The molecule has 0 saturated heterocycles. The van der Waals surface area contributed by atoms with Crippen molar-refractivity contribution in [2.24, 2.45) is 0 Å². The Kier molecular flexibility index (Phi) is 11.9. The molecule has 2 aromatic carbocycles. The smallest absolute Gasteiger partial charge is 0.870 e. The average Bonchev–Trinajstić information content (AvgIpc) is 2.66. The third kappa shape index (κ3) is 8.69. The van der Waals surface area contributed by atoms with Crippen molar-refractivity contribution in [1.29, 1.82) is 0 Å². The van der Waals surface area contributed by atoms with Gasteiger partial charge in [0.2, 0.25) is 0 Å². The Morgan fingerprint density at radius 1 is 0.897 bits per heavy atom. The second-order valence-electron chi connectivity index (χ2n) is 6.98. The summed E-state index contributed by atoms with van der Waals surface area (Å²) in [4.78, 5) is -0.249. The summed E-state index contributed by atoms with van der Waals surface area (Å²) in [5, 5.41) is 12.4. The van der Waals surface area contributed by atoms with E-state index in [1.807, 2.05) is 6.07 Å². The molecule has 0 aliphatic carbocycles. The third-order valence-corrected chi connectivity index (χ3v) is 5.64. The van der Waals surface area contributed by atoms with Crippen LogP contribution in [0.15, 0.2) is 47.4 Å². The Balaban J connectivity index is 0.00000420. The average molecular weight is 429 g/mol. The van der Waals surface area contributed by atoms with Crippen molar-refractivity contribution < 1.29 is 52.4 Å². The molecule has 0 spiro atoms. The monoisotopic (exact) mass is 428 g/mol. The topological polar surface area (TPSA) is 86.7 Å². The quantitative estimate of drug-likeness (QED) is 0.319. The normalized spacial score (nSPS) is 11.1. The first kappa shape index (κ1) is 26.0. The van der Waals surface area contributed by atoms with Crippen LogP contribution in [0.3, 0.4) is 0 Å². The molecule has 0 radical (unpaired) electrons. The van der Waals surface area contributed by atoms with Gasteiger partial charge in [0, 0.05) is 5.56 Å². The number of benzene rings is 2. The minimum Gasteiger partial charge on any atom is -0.870 e. The Labute approximate surface area is 196 Å². The van der Waals surface area contributed by atoms with Crippen LogP contribution in [0.2, 0.25) is 0 Å². The number of para-hydroxylation sites is 1. The Bertz CT molecular complexity index is 838. The standard InChI is InChI=1S/C22H30O5S.Na/c1-2-3-4-5-6-7-8-12-15-19-21(28(24,25)26)17-16-20(23)22(19)27-18-13-10-9-11-14-18;/h9-11,13-14,16-17,23H,2-8,12,15H2,1H3,(H,24,25,26);/q;+1/p-1. The number of ether oxygens (including phenoxy) is 1. The molecule has 0 aromatic heterocycles. The van der Waals surface area contributed by atoms with E-state index in [1.54, 1.807) is 24.3 Å². The summed E-state index contributed by atoms with van der Waals surface area (Å²) in [5.74, 6) is 0.0272. The first-order valence-electron chi connectivity index (χ1n) is 9.96. The van der Waals surface area contributed by atoms with Crippen LogP contribution in [-0.2, 0) is 16.5 Å². The van der Waals surface area contributed by atoms with Gasteiger partial charge in [-0.05, 0) is 31.0 Å². The van der Waals surface area contributed by atoms with Crippen LogP contribution in [0, 0.1) is 0 Å². The van der Waals surface area contributed by atoms with Crippen molar-refractivity contribution in [3.63, 3.8) is 0 Å². The minimum absolute atomic E-state index is 0. The van der Waals surface area contributed by atoms with Crippen molar-refractivity contribution in [3.8, 4) is 17.2 Å². The molecule has 1 N–H and O–H groups in total. The van der Waals surface area contributed by atoms with Gasteiger partial charge in [-0.2, -0.15) is 8.42 Å². The van der Waals surface area contributed by atoms with Gasteiger partial charge in [-0.3, -0.25) is 4.55 Å². The number of hydrogen-bond acceptors (Lipinski definition) is 4. The molecular formula is C22H29NaO5S. The summed E-state index contributed by atoms with van der Waals surface area (Å²) in [6, 6.07) is 11.0. The van der Waals surface area contributed by atoms with Crippen molar-refractivity contribution in [2.75, 3.05) is 0 Å². The molecule has 0 fully saturated rings. The largest absolute Gasteiger partial charge is 1.00 e. The molecule has 2 aromatic rings. The van der Waals surface area contributed by atoms with Crippen molar-refractivity contribution in [3.05, 3.63) is 48.0 Å². The second kappa shape index (κ2) is 13.3. The zero-order valence-corrected chi connectivity index (χ0v) is 20.2. The minimum atomic E-state index is -4.44. The molecule has 0 unspecified atom stereocenters. The molecule has 7 heteroatoms. The molecule has 2 rings (SSSR count). The summed E-state index contributed by atoms with van der Waals surface area (Å²) in [6.45, 7) is 2.19. The van der Waals surface area contributed by atoms with E-state index in [9.17, 15) is 18.1 Å². The van der Waals surface area contributed by atoms with Crippen LogP contribution in [-0.4, -0.2) is 13.0 Å². The summed E-state index contributed by atoms with van der Waals surface area (Å²) < 4.78 is 38.9. The summed E-state index contributed by atoms with van der Waals surface area (Å²) >= 11 is 0. The van der Waals surface area contributed by atoms with Gasteiger partial charge >= 0.3 is 29.6 Å². The maximum Gasteiger partial charge on any atom is 1.00 e. The summed E-state index contributed by atoms with van der Waals surface area (Å²) in [5.41, 5.74) is 0.254. The van der Waals surface area contributed by atoms with E-state index in [4.69, 9.17) is 4.74 Å². The predicted octanol–water partition coefficient (Wildman–Crippen LogP) is 2.49. The van der Waals surface area contributed by atoms with Crippen LogP contribution >= 0.6 is 0 Å². The molecule has 0 aliphatic rings. The fourth-order valence-electron chi connectivity index (χ4n) is 3.22. The van der Waals surface area contributed by atoms with Crippen LogP contribution in [0.5, 0.6) is 17.2 Å². The fraction of sp³-hybridized carbons (Fsp3) is 0.455. The van der Waals surface area contributed by atoms with Crippen LogP contribution in [0.1, 0.15) is 63.9 Å². The van der Waals surface area contributed by atoms with E-state index < -0.39 is 15.9 Å². The predicted molar refractivity (Wildman–Crippen MR) is 109 cm³/mol. The van der Waals surface area contributed by atoms with Gasteiger partial charge in [-0.25, -0.2) is 0 Å². The zero-order chi connectivity index (χ0) is 20.4. The third-order valence-electron chi connectivity index (χ3n) is 4.70. The number of unbranched alkanes of at least 4 members (excludes halogenated alkanes) is 7. The van der Waals surface area contributed by atoms with Crippen LogP contribution in [0.4, 0.5) is 0 Å². The molecular weight excluding hydrogens is 399 g/mol. The summed E-state index contributed by atoms with van der Waals surface area (Å²) in [6.07, 6.45) is 9.18. The molecule has 0 amide bonds. The molecule has 0 atom stereocenters. The SMILES string of the molecule is CCCCCCCCCCc1c(S(=O)(=O)O)ccc([O-])c1Oc1ccccc1.[Na+]. The van der Waals surface area contributed by atoms with Crippen molar-refractivity contribution >= 4 is 10.1 Å². The molecule has 0 aliphatic heterocycles. The van der Waals surface area contributed by atoms with E-state index >= 15 is 0 Å². The van der Waals surface area contributed by atoms with Gasteiger partial charge in [0.25, 0.3) is 10.1 Å². The summed E-state index contributed by atoms with van der Waals surface area (Å²) in [7, 11) is -4.44. The van der Waals surface area contributed by atoms with Gasteiger partial charge in [0.05, 0.1) is 0 Å². The first-order valence-corrected chi connectivity index (χ1v) is 11.4. The molecule has 154 valence electrons. The molecule has 29 heavy (non-hydrogen) atoms. The van der Waals surface area contributed by atoms with Gasteiger partial charge < -0.3 is 9.84 Å². The van der Waals surface area contributed by atoms with E-state index in [-0.39, 0.29) is 45.8 Å². The van der Waals surface area contributed by atoms with Crippen molar-refractivity contribution in [2.45, 2.75) is 69.6 Å². The van der Waals surface area contributed by atoms with E-state index in [0.29, 0.717) is 12.2 Å². The second-order valence-corrected chi connectivity index (χ2v) is 8.37. The van der Waals surface area contributed by atoms with Crippen molar-refractivity contribution in [1.82, 2.24) is 0 Å². The fourth-order valence-corrected chi connectivity index (χ4v) is 3.97. The Morgan fingerprint density at radius 2 is 1.48 bits per heavy atom. The van der Waals surface area contributed by atoms with Crippen LogP contribution < -0.4 is 39.4 Å². The molecule has 0 saturated carbocycles. The van der Waals surface area contributed by atoms with E-state index in [0.717, 1.165) is 37.8 Å². The zero-order valence-electron chi connectivity index (χ0n) is 17.4. The van der Waals surface area contributed by atoms with E-state index in [2.05, 4.69) is 6.92 Å². The van der Waals surface area contributed by atoms with Gasteiger partial charge in [-0.1, -0.05) is 81.9 Å². The molecule has 0 heterocycles. The maximum atomic E-state index is 12.4.